The standard InChI is InChI=1S/C16H22ClN3O/c1-4-18-10-13-9-14(17)6-7-16(13)21-11-15-8-12(3)19-20(15)5-2/h6-9,18H,4-5,10-11H2,1-3H3. The summed E-state index contributed by atoms with van der Waals surface area (Å²) in [6.45, 7) is 9.16. The highest BCUT2D eigenvalue weighted by atomic mass is 35.5. The lowest BCUT2D eigenvalue weighted by molar-refractivity contribution is 0.289. The third-order valence-electron chi connectivity index (χ3n) is 3.25. The van der Waals surface area contributed by atoms with Crippen LogP contribution in [0.4, 0.5) is 0 Å². The van der Waals surface area contributed by atoms with Gasteiger partial charge in [-0.05, 0) is 44.7 Å². The second kappa shape index (κ2) is 7.48. The van der Waals surface area contributed by atoms with E-state index in [0.29, 0.717) is 6.61 Å². The van der Waals surface area contributed by atoms with E-state index in [1.165, 1.54) is 0 Å². The van der Waals surface area contributed by atoms with Gasteiger partial charge in [0, 0.05) is 23.7 Å². The molecule has 21 heavy (non-hydrogen) atoms. The summed E-state index contributed by atoms with van der Waals surface area (Å²) >= 11 is 6.07. The van der Waals surface area contributed by atoms with Crippen molar-refractivity contribution in [1.82, 2.24) is 15.1 Å². The van der Waals surface area contributed by atoms with Crippen LogP contribution in [-0.2, 0) is 19.7 Å². The normalized spacial score (nSPS) is 10.9. The molecule has 1 N–H and O–H groups in total. The number of ether oxygens (including phenoxy) is 1. The van der Waals surface area contributed by atoms with Gasteiger partial charge in [0.2, 0.25) is 0 Å². The van der Waals surface area contributed by atoms with E-state index in [-0.39, 0.29) is 0 Å². The van der Waals surface area contributed by atoms with Crippen molar-refractivity contribution < 1.29 is 4.74 Å². The molecular formula is C16H22ClN3O. The first-order chi connectivity index (χ1) is 10.1. The van der Waals surface area contributed by atoms with Crippen molar-refractivity contribution >= 4 is 11.6 Å². The van der Waals surface area contributed by atoms with Crippen molar-refractivity contribution in [2.24, 2.45) is 0 Å². The van der Waals surface area contributed by atoms with Gasteiger partial charge in [-0.15, -0.1) is 0 Å². The average Bonchev–Trinajstić information content (AvgIpc) is 2.84. The largest absolute Gasteiger partial charge is 0.487 e. The Bertz CT molecular complexity index is 595. The molecule has 1 aromatic carbocycles. The molecule has 0 atom stereocenters. The van der Waals surface area contributed by atoms with Gasteiger partial charge >= 0.3 is 0 Å². The number of aryl methyl sites for hydroxylation is 2. The number of rotatable bonds is 7. The maximum atomic E-state index is 6.07. The van der Waals surface area contributed by atoms with Gasteiger partial charge in [0.1, 0.15) is 12.4 Å². The first-order valence-corrected chi connectivity index (χ1v) is 7.67. The maximum Gasteiger partial charge on any atom is 0.130 e. The van der Waals surface area contributed by atoms with Gasteiger partial charge in [0.25, 0.3) is 0 Å². The zero-order chi connectivity index (χ0) is 15.2. The van der Waals surface area contributed by atoms with Gasteiger partial charge in [-0.2, -0.15) is 5.10 Å². The molecule has 114 valence electrons. The Labute approximate surface area is 131 Å². The van der Waals surface area contributed by atoms with Gasteiger partial charge in [-0.1, -0.05) is 18.5 Å². The summed E-state index contributed by atoms with van der Waals surface area (Å²) < 4.78 is 7.94. The highest BCUT2D eigenvalue weighted by Crippen LogP contribution is 2.24. The van der Waals surface area contributed by atoms with Gasteiger partial charge in [-0.3, -0.25) is 4.68 Å². The van der Waals surface area contributed by atoms with E-state index in [2.05, 4.69) is 30.3 Å². The Morgan fingerprint density at radius 1 is 1.29 bits per heavy atom. The van der Waals surface area contributed by atoms with Crippen molar-refractivity contribution in [2.45, 2.75) is 40.5 Å². The first kappa shape index (κ1) is 15.9. The quantitative estimate of drug-likeness (QED) is 0.850. The minimum Gasteiger partial charge on any atom is -0.487 e. The highest BCUT2D eigenvalue weighted by molar-refractivity contribution is 6.30. The van der Waals surface area contributed by atoms with Crippen LogP contribution in [0.1, 0.15) is 30.8 Å². The molecule has 0 spiro atoms. The van der Waals surface area contributed by atoms with Crippen LogP contribution < -0.4 is 10.1 Å². The Balaban J connectivity index is 2.11. The third kappa shape index (κ3) is 4.22. The van der Waals surface area contributed by atoms with Gasteiger partial charge < -0.3 is 10.1 Å². The monoisotopic (exact) mass is 307 g/mol. The Morgan fingerprint density at radius 2 is 2.10 bits per heavy atom. The van der Waals surface area contributed by atoms with Crippen LogP contribution in [0.5, 0.6) is 5.75 Å². The predicted octanol–water partition coefficient (Wildman–Crippen LogP) is 3.55. The fraction of sp³-hybridized carbons (Fsp3) is 0.438. The summed E-state index contributed by atoms with van der Waals surface area (Å²) in [7, 11) is 0. The maximum absolute atomic E-state index is 6.07. The molecule has 0 unspecified atom stereocenters. The van der Waals surface area contributed by atoms with Crippen LogP contribution >= 0.6 is 11.6 Å². The van der Waals surface area contributed by atoms with Crippen molar-refractivity contribution in [1.29, 1.82) is 0 Å². The number of hydrogen-bond acceptors (Lipinski definition) is 3. The molecule has 1 aromatic heterocycles. The molecule has 0 aliphatic rings. The number of nitrogens with one attached hydrogen (secondary N) is 1. The molecule has 1 heterocycles. The minimum absolute atomic E-state index is 0.509. The zero-order valence-corrected chi connectivity index (χ0v) is 13.6. The number of hydrogen-bond donors (Lipinski definition) is 1. The molecule has 0 radical (unpaired) electrons. The average molecular weight is 308 g/mol. The molecule has 0 saturated carbocycles. The molecule has 0 aliphatic heterocycles. The number of halogens is 1. The molecule has 4 nitrogen and oxygen atoms in total. The van der Waals surface area contributed by atoms with Crippen molar-refractivity contribution in [3.8, 4) is 5.75 Å². The van der Waals surface area contributed by atoms with Gasteiger partial charge in [0.15, 0.2) is 0 Å². The second-order valence-corrected chi connectivity index (χ2v) is 5.35. The molecule has 0 aliphatic carbocycles. The second-order valence-electron chi connectivity index (χ2n) is 4.91. The van der Waals surface area contributed by atoms with Crippen LogP contribution in [0.2, 0.25) is 5.02 Å². The Hall–Kier alpha value is -1.52. The van der Waals surface area contributed by atoms with E-state index >= 15 is 0 Å². The highest BCUT2D eigenvalue weighted by Gasteiger charge is 2.08. The van der Waals surface area contributed by atoms with Crippen LogP contribution in [-0.4, -0.2) is 16.3 Å². The summed E-state index contributed by atoms with van der Waals surface area (Å²) in [6.07, 6.45) is 0. The van der Waals surface area contributed by atoms with E-state index in [1.807, 2.05) is 29.8 Å². The summed E-state index contributed by atoms with van der Waals surface area (Å²) in [5.41, 5.74) is 3.17. The van der Waals surface area contributed by atoms with E-state index in [1.54, 1.807) is 0 Å². The summed E-state index contributed by atoms with van der Waals surface area (Å²) in [4.78, 5) is 0. The molecule has 5 heteroatoms. The number of benzene rings is 1. The van der Waals surface area contributed by atoms with E-state index in [9.17, 15) is 0 Å². The lowest BCUT2D eigenvalue weighted by atomic mass is 10.2. The molecule has 0 saturated heterocycles. The van der Waals surface area contributed by atoms with Crippen LogP contribution in [0.25, 0.3) is 0 Å². The fourth-order valence-corrected chi connectivity index (χ4v) is 2.42. The SMILES string of the molecule is CCNCc1cc(Cl)ccc1OCc1cc(C)nn1CC. The van der Waals surface area contributed by atoms with Crippen molar-refractivity contribution in [2.75, 3.05) is 6.54 Å². The van der Waals surface area contributed by atoms with Gasteiger partial charge in [-0.25, -0.2) is 0 Å². The Morgan fingerprint density at radius 3 is 2.81 bits per heavy atom. The fourth-order valence-electron chi connectivity index (χ4n) is 2.23. The molecule has 0 fully saturated rings. The van der Waals surface area contributed by atoms with Crippen LogP contribution in [0.3, 0.4) is 0 Å². The van der Waals surface area contributed by atoms with Crippen LogP contribution in [0, 0.1) is 6.92 Å². The smallest absolute Gasteiger partial charge is 0.130 e. The molecule has 0 amide bonds. The Kier molecular flexibility index (Phi) is 5.65. The summed E-state index contributed by atoms with van der Waals surface area (Å²) in [5.74, 6) is 0.863. The zero-order valence-electron chi connectivity index (χ0n) is 12.8. The van der Waals surface area contributed by atoms with Gasteiger partial charge in [0.05, 0.1) is 11.4 Å². The number of nitrogens with zero attached hydrogens (tertiary/aromatic N) is 2. The first-order valence-electron chi connectivity index (χ1n) is 7.29. The lowest BCUT2D eigenvalue weighted by Gasteiger charge is -2.13. The molecule has 2 rings (SSSR count). The lowest BCUT2D eigenvalue weighted by Crippen LogP contribution is -2.13. The summed E-state index contributed by atoms with van der Waals surface area (Å²) in [5, 5.41) is 8.46. The molecular weight excluding hydrogens is 286 g/mol. The van der Waals surface area contributed by atoms with Crippen LogP contribution in [0.15, 0.2) is 24.3 Å². The minimum atomic E-state index is 0.509. The third-order valence-corrected chi connectivity index (χ3v) is 3.48. The predicted molar refractivity (Wildman–Crippen MR) is 85.8 cm³/mol. The number of aromatic nitrogens is 2. The van der Waals surface area contributed by atoms with E-state index in [4.69, 9.17) is 16.3 Å². The van der Waals surface area contributed by atoms with Crippen molar-refractivity contribution in [3.63, 3.8) is 0 Å². The summed E-state index contributed by atoms with van der Waals surface area (Å²) in [6, 6.07) is 7.79. The molecule has 0 bridgehead atoms. The van der Waals surface area contributed by atoms with E-state index in [0.717, 1.165) is 47.4 Å². The van der Waals surface area contributed by atoms with E-state index < -0.39 is 0 Å². The topological polar surface area (TPSA) is 39.1 Å². The molecule has 2 aromatic rings. The van der Waals surface area contributed by atoms with Crippen molar-refractivity contribution in [3.05, 3.63) is 46.2 Å².